The van der Waals surface area contributed by atoms with Crippen LogP contribution in [0.15, 0.2) is 30.3 Å². The summed E-state index contributed by atoms with van der Waals surface area (Å²) < 4.78 is 16.6. The van der Waals surface area contributed by atoms with Gasteiger partial charge in [-0.15, -0.1) is 0 Å². The van der Waals surface area contributed by atoms with Crippen molar-refractivity contribution in [2.45, 2.75) is 25.7 Å². The maximum Gasteiger partial charge on any atom is 0.332 e. The first-order valence-electron chi connectivity index (χ1n) is 6.18. The number of benzene rings is 1. The average Bonchev–Trinajstić information content (AvgIpc) is 2.65. The minimum Gasteiger partial charge on any atom is -0.312 e. The van der Waals surface area contributed by atoms with Gasteiger partial charge in [0.15, 0.2) is 0 Å². The minimum atomic E-state index is -1.08. The van der Waals surface area contributed by atoms with Crippen molar-refractivity contribution in [1.29, 1.82) is 0 Å². The van der Waals surface area contributed by atoms with Crippen LogP contribution >= 0.6 is 8.60 Å². The molecule has 1 aromatic rings. The second kappa shape index (κ2) is 7.78. The van der Waals surface area contributed by atoms with Gasteiger partial charge in [-0.1, -0.05) is 30.3 Å². The normalized spacial score (nSPS) is 17.9. The third-order valence-corrected chi connectivity index (χ3v) is 3.76. The fourth-order valence-electron chi connectivity index (χ4n) is 1.65. The first-order valence-corrected chi connectivity index (χ1v) is 7.27. The molecule has 1 fully saturated rings. The van der Waals surface area contributed by atoms with E-state index in [1.807, 2.05) is 6.07 Å². The largest absolute Gasteiger partial charge is 0.332 e. The number of hydrogen-bond donors (Lipinski definition) is 0. The molecule has 94 valence electrons. The van der Waals surface area contributed by atoms with Gasteiger partial charge in [-0.3, -0.25) is 0 Å². The Hall–Kier alpha value is -0.470. The maximum atomic E-state index is 5.61. The van der Waals surface area contributed by atoms with E-state index in [0.29, 0.717) is 6.61 Å². The van der Waals surface area contributed by atoms with E-state index in [4.69, 9.17) is 13.6 Å². The zero-order valence-corrected chi connectivity index (χ0v) is 10.9. The van der Waals surface area contributed by atoms with E-state index in [0.717, 1.165) is 38.9 Å². The van der Waals surface area contributed by atoms with E-state index in [-0.39, 0.29) is 0 Å². The summed E-state index contributed by atoms with van der Waals surface area (Å²) >= 11 is 0. The molecule has 0 spiro atoms. The van der Waals surface area contributed by atoms with Gasteiger partial charge < -0.3 is 13.6 Å². The Bertz CT molecular complexity index is 297. The van der Waals surface area contributed by atoms with Crippen LogP contribution in [0, 0.1) is 0 Å². The van der Waals surface area contributed by atoms with Crippen molar-refractivity contribution in [3.8, 4) is 0 Å². The summed E-state index contributed by atoms with van der Waals surface area (Å²) in [6, 6.07) is 10.5. The Morgan fingerprint density at radius 2 is 1.76 bits per heavy atom. The van der Waals surface area contributed by atoms with Crippen molar-refractivity contribution >= 4 is 8.60 Å². The molecule has 0 unspecified atom stereocenters. The molecule has 1 heterocycles. The monoisotopic (exact) mass is 254 g/mol. The van der Waals surface area contributed by atoms with Gasteiger partial charge >= 0.3 is 8.60 Å². The maximum absolute atomic E-state index is 5.61. The van der Waals surface area contributed by atoms with Crippen LogP contribution in [0.4, 0.5) is 0 Å². The zero-order valence-electron chi connectivity index (χ0n) is 10.0. The topological polar surface area (TPSA) is 27.7 Å². The van der Waals surface area contributed by atoms with Crippen LogP contribution in [-0.4, -0.2) is 19.8 Å². The molecule has 2 rings (SSSR count). The Balaban J connectivity index is 1.59. The van der Waals surface area contributed by atoms with Gasteiger partial charge in [0.05, 0.1) is 19.8 Å². The fourth-order valence-corrected chi connectivity index (χ4v) is 2.71. The molecule has 0 atom stereocenters. The molecule has 3 nitrogen and oxygen atoms in total. The lowest BCUT2D eigenvalue weighted by Crippen LogP contribution is -1.97. The van der Waals surface area contributed by atoms with Gasteiger partial charge in [-0.25, -0.2) is 0 Å². The second-order valence-electron chi connectivity index (χ2n) is 4.02. The summed E-state index contributed by atoms with van der Waals surface area (Å²) in [6.45, 7) is 2.25. The molecule has 0 radical (unpaired) electrons. The highest BCUT2D eigenvalue weighted by molar-refractivity contribution is 7.41. The van der Waals surface area contributed by atoms with Crippen LogP contribution < -0.4 is 0 Å². The first kappa shape index (κ1) is 13.0. The summed E-state index contributed by atoms with van der Waals surface area (Å²) in [6.07, 6.45) is 4.21. The lowest BCUT2D eigenvalue weighted by atomic mass is 10.1. The second-order valence-corrected chi connectivity index (χ2v) is 5.24. The van der Waals surface area contributed by atoms with Crippen LogP contribution in [0.1, 0.15) is 24.8 Å². The number of rotatable bonds is 5. The summed E-state index contributed by atoms with van der Waals surface area (Å²) in [5.41, 5.74) is 1.35. The van der Waals surface area contributed by atoms with Gasteiger partial charge in [0.1, 0.15) is 0 Å². The van der Waals surface area contributed by atoms with Gasteiger partial charge in [0, 0.05) is 0 Å². The van der Waals surface area contributed by atoms with Crippen LogP contribution in [0.3, 0.4) is 0 Å². The molecule has 0 bridgehead atoms. The molecule has 17 heavy (non-hydrogen) atoms. The predicted octanol–water partition coefficient (Wildman–Crippen LogP) is 3.69. The SMILES string of the molecule is c1ccc(CCCOP2OCCCCO2)cc1. The molecule has 0 N–H and O–H groups in total. The molecule has 0 saturated carbocycles. The standard InChI is InChI=1S/C13H19O3P/c1-2-7-13(8-3-1)9-6-12-16-17-14-10-4-5-11-15-17/h1-3,7-8H,4-6,9-12H2. The van der Waals surface area contributed by atoms with E-state index >= 15 is 0 Å². The van der Waals surface area contributed by atoms with Crippen molar-refractivity contribution in [3.63, 3.8) is 0 Å². The van der Waals surface area contributed by atoms with E-state index in [1.54, 1.807) is 0 Å². The van der Waals surface area contributed by atoms with Gasteiger partial charge in [-0.05, 0) is 31.2 Å². The van der Waals surface area contributed by atoms with Crippen molar-refractivity contribution in [2.24, 2.45) is 0 Å². The Morgan fingerprint density at radius 3 is 2.47 bits per heavy atom. The van der Waals surface area contributed by atoms with Crippen LogP contribution in [0.2, 0.25) is 0 Å². The molecule has 0 aliphatic carbocycles. The highest BCUT2D eigenvalue weighted by Crippen LogP contribution is 2.41. The third-order valence-electron chi connectivity index (χ3n) is 2.58. The highest BCUT2D eigenvalue weighted by Gasteiger charge is 2.14. The number of aryl methyl sites for hydroxylation is 1. The van der Waals surface area contributed by atoms with Crippen LogP contribution in [0.25, 0.3) is 0 Å². The average molecular weight is 254 g/mol. The van der Waals surface area contributed by atoms with Gasteiger partial charge in [0.25, 0.3) is 0 Å². The third kappa shape index (κ3) is 5.13. The summed E-state index contributed by atoms with van der Waals surface area (Å²) in [4.78, 5) is 0. The Morgan fingerprint density at radius 1 is 1.06 bits per heavy atom. The summed E-state index contributed by atoms with van der Waals surface area (Å²) in [5, 5.41) is 0. The summed E-state index contributed by atoms with van der Waals surface area (Å²) in [7, 11) is -1.08. The van der Waals surface area contributed by atoms with Crippen LogP contribution in [-0.2, 0) is 20.0 Å². The Kier molecular flexibility index (Phi) is 5.94. The van der Waals surface area contributed by atoms with Crippen molar-refractivity contribution in [2.75, 3.05) is 19.8 Å². The molecule has 0 aromatic heterocycles. The van der Waals surface area contributed by atoms with E-state index in [9.17, 15) is 0 Å². The molecule has 1 aliphatic heterocycles. The van der Waals surface area contributed by atoms with Crippen molar-refractivity contribution < 1.29 is 13.6 Å². The summed E-state index contributed by atoms with van der Waals surface area (Å²) in [5.74, 6) is 0. The molecule has 1 aromatic carbocycles. The van der Waals surface area contributed by atoms with E-state index in [1.165, 1.54) is 5.56 Å². The molecule has 1 saturated heterocycles. The molecule has 1 aliphatic rings. The Labute approximate surface area is 104 Å². The first-order chi connectivity index (χ1) is 8.45. The number of hydrogen-bond acceptors (Lipinski definition) is 3. The zero-order chi connectivity index (χ0) is 11.8. The molecule has 0 amide bonds. The van der Waals surface area contributed by atoms with Gasteiger partial charge in [0.2, 0.25) is 0 Å². The minimum absolute atomic E-state index is 0.709. The lowest BCUT2D eigenvalue weighted by molar-refractivity contribution is 0.181. The van der Waals surface area contributed by atoms with E-state index < -0.39 is 8.60 Å². The van der Waals surface area contributed by atoms with Crippen molar-refractivity contribution in [1.82, 2.24) is 0 Å². The fraction of sp³-hybridized carbons (Fsp3) is 0.538. The quantitative estimate of drug-likeness (QED) is 0.592. The molecular formula is C13H19O3P. The van der Waals surface area contributed by atoms with E-state index in [2.05, 4.69) is 24.3 Å². The van der Waals surface area contributed by atoms with Crippen LogP contribution in [0.5, 0.6) is 0 Å². The lowest BCUT2D eigenvalue weighted by Gasteiger charge is -2.13. The highest BCUT2D eigenvalue weighted by atomic mass is 31.2. The molecule has 4 heteroatoms. The smallest absolute Gasteiger partial charge is 0.312 e. The molecular weight excluding hydrogens is 235 g/mol. The predicted molar refractivity (Wildman–Crippen MR) is 68.8 cm³/mol. The van der Waals surface area contributed by atoms with Crippen molar-refractivity contribution in [3.05, 3.63) is 35.9 Å². The van der Waals surface area contributed by atoms with Gasteiger partial charge in [-0.2, -0.15) is 0 Å².